The van der Waals surface area contributed by atoms with E-state index in [-0.39, 0.29) is 18.1 Å². The molecule has 0 fully saturated rings. The Hall–Kier alpha value is -2.88. The quantitative estimate of drug-likeness (QED) is 0.505. The van der Waals surface area contributed by atoms with E-state index in [9.17, 15) is 18.0 Å². The van der Waals surface area contributed by atoms with Crippen LogP contribution in [-0.2, 0) is 6.18 Å². The number of rotatable bonds is 5. The van der Waals surface area contributed by atoms with Gasteiger partial charge >= 0.3 is 6.18 Å². The zero-order valence-electron chi connectivity index (χ0n) is 13.9. The van der Waals surface area contributed by atoms with Crippen molar-refractivity contribution in [2.45, 2.75) is 18.5 Å². The first-order valence-corrected chi connectivity index (χ1v) is 8.25. The van der Waals surface area contributed by atoms with E-state index in [1.807, 2.05) is 36.4 Å². The fourth-order valence-electron chi connectivity index (χ4n) is 2.95. The number of hydrogen-bond acceptors (Lipinski definition) is 1. The number of halogens is 3. The van der Waals surface area contributed by atoms with Crippen molar-refractivity contribution in [3.63, 3.8) is 0 Å². The van der Waals surface area contributed by atoms with E-state index in [4.69, 9.17) is 0 Å². The number of carbonyl (C=O) groups is 1. The molecule has 26 heavy (non-hydrogen) atoms. The fourth-order valence-corrected chi connectivity index (χ4v) is 2.95. The predicted molar refractivity (Wildman–Crippen MR) is 95.1 cm³/mol. The molecular weight excluding hydrogens is 337 g/mol. The van der Waals surface area contributed by atoms with Crippen LogP contribution in [0.1, 0.15) is 39.4 Å². The van der Waals surface area contributed by atoms with Crippen LogP contribution >= 0.6 is 0 Å². The zero-order valence-corrected chi connectivity index (χ0v) is 13.9. The topological polar surface area (TPSA) is 17.1 Å². The van der Waals surface area contributed by atoms with Crippen LogP contribution in [-0.4, -0.2) is 5.78 Å². The Morgan fingerprint density at radius 3 is 1.77 bits per heavy atom. The van der Waals surface area contributed by atoms with Crippen molar-refractivity contribution in [1.82, 2.24) is 0 Å². The number of hydrogen-bond donors (Lipinski definition) is 0. The second kappa shape index (κ2) is 7.56. The van der Waals surface area contributed by atoms with Gasteiger partial charge in [-0.05, 0) is 23.3 Å². The minimum atomic E-state index is -4.37. The van der Waals surface area contributed by atoms with Gasteiger partial charge in [0.15, 0.2) is 5.78 Å². The van der Waals surface area contributed by atoms with E-state index < -0.39 is 11.7 Å². The number of alkyl halides is 3. The molecule has 0 aliphatic carbocycles. The van der Waals surface area contributed by atoms with E-state index >= 15 is 0 Å². The van der Waals surface area contributed by atoms with E-state index in [1.165, 1.54) is 12.1 Å². The molecule has 0 bridgehead atoms. The SMILES string of the molecule is O=C(C[C@H](c1ccccc1)c1ccc(C(F)(F)F)cc1)c1ccccc1. The van der Waals surface area contributed by atoms with Crippen molar-refractivity contribution < 1.29 is 18.0 Å². The van der Waals surface area contributed by atoms with Crippen LogP contribution < -0.4 is 0 Å². The van der Waals surface area contributed by atoms with Crippen molar-refractivity contribution in [3.05, 3.63) is 107 Å². The van der Waals surface area contributed by atoms with Crippen LogP contribution in [0.4, 0.5) is 13.2 Å². The summed E-state index contributed by atoms with van der Waals surface area (Å²) in [7, 11) is 0. The molecule has 3 aromatic rings. The van der Waals surface area contributed by atoms with Gasteiger partial charge in [0.1, 0.15) is 0 Å². The molecule has 0 unspecified atom stereocenters. The molecule has 0 spiro atoms. The molecule has 0 saturated heterocycles. The van der Waals surface area contributed by atoms with Gasteiger partial charge in [-0.1, -0.05) is 72.8 Å². The Bertz CT molecular complexity index is 853. The lowest BCUT2D eigenvalue weighted by Gasteiger charge is -2.18. The zero-order chi connectivity index (χ0) is 18.6. The van der Waals surface area contributed by atoms with E-state index in [2.05, 4.69) is 0 Å². The summed E-state index contributed by atoms with van der Waals surface area (Å²) in [5.41, 5.74) is 1.49. The molecule has 0 heterocycles. The van der Waals surface area contributed by atoms with Gasteiger partial charge in [0, 0.05) is 17.9 Å². The predicted octanol–water partition coefficient (Wildman–Crippen LogP) is 6.11. The van der Waals surface area contributed by atoms with Crippen molar-refractivity contribution >= 4 is 5.78 Å². The molecule has 0 aliphatic heterocycles. The molecule has 0 amide bonds. The highest BCUT2D eigenvalue weighted by molar-refractivity contribution is 5.96. The first kappa shape index (κ1) is 17.9. The van der Waals surface area contributed by atoms with Crippen molar-refractivity contribution in [3.8, 4) is 0 Å². The van der Waals surface area contributed by atoms with E-state index in [0.717, 1.165) is 17.7 Å². The summed E-state index contributed by atoms with van der Waals surface area (Å²) < 4.78 is 38.5. The summed E-state index contributed by atoms with van der Waals surface area (Å²) in [6.07, 6.45) is -4.18. The Balaban J connectivity index is 1.93. The minimum Gasteiger partial charge on any atom is -0.294 e. The summed E-state index contributed by atoms with van der Waals surface area (Å²) in [5.74, 6) is -0.342. The lowest BCUT2D eigenvalue weighted by atomic mass is 9.85. The van der Waals surface area contributed by atoms with E-state index in [0.29, 0.717) is 11.1 Å². The lowest BCUT2D eigenvalue weighted by Crippen LogP contribution is -2.10. The molecule has 0 aliphatic rings. The molecule has 1 nitrogen and oxygen atoms in total. The molecule has 132 valence electrons. The number of benzene rings is 3. The van der Waals surface area contributed by atoms with Crippen LogP contribution in [0.3, 0.4) is 0 Å². The Morgan fingerprint density at radius 1 is 0.731 bits per heavy atom. The van der Waals surface area contributed by atoms with Crippen molar-refractivity contribution in [2.75, 3.05) is 0 Å². The van der Waals surface area contributed by atoms with Gasteiger partial charge in [-0.25, -0.2) is 0 Å². The van der Waals surface area contributed by atoms with Gasteiger partial charge in [0.05, 0.1) is 5.56 Å². The Labute approximate surface area is 150 Å². The summed E-state index contributed by atoms with van der Waals surface area (Å²) in [6, 6.07) is 23.3. The molecule has 4 heteroatoms. The summed E-state index contributed by atoms with van der Waals surface area (Å²) in [6.45, 7) is 0. The molecule has 1 atom stereocenters. The highest BCUT2D eigenvalue weighted by atomic mass is 19.4. The second-order valence-corrected chi connectivity index (χ2v) is 6.08. The summed E-state index contributed by atoms with van der Waals surface area (Å²) in [5, 5.41) is 0. The number of ketones is 1. The third kappa shape index (κ3) is 4.20. The summed E-state index contributed by atoms with van der Waals surface area (Å²) >= 11 is 0. The highest BCUT2D eigenvalue weighted by Crippen LogP contribution is 2.33. The average Bonchev–Trinajstić information content (AvgIpc) is 2.67. The van der Waals surface area contributed by atoms with Crippen LogP contribution in [0.5, 0.6) is 0 Å². The first-order chi connectivity index (χ1) is 12.4. The second-order valence-electron chi connectivity index (χ2n) is 6.08. The maximum Gasteiger partial charge on any atom is 0.416 e. The Kier molecular flexibility index (Phi) is 5.21. The molecule has 0 aromatic heterocycles. The monoisotopic (exact) mass is 354 g/mol. The Morgan fingerprint density at radius 2 is 1.23 bits per heavy atom. The van der Waals surface area contributed by atoms with Gasteiger partial charge in [0.2, 0.25) is 0 Å². The van der Waals surface area contributed by atoms with Crippen LogP contribution in [0, 0.1) is 0 Å². The highest BCUT2D eigenvalue weighted by Gasteiger charge is 2.30. The third-order valence-corrected chi connectivity index (χ3v) is 4.33. The molecule has 3 rings (SSSR count). The van der Waals surface area contributed by atoms with Crippen LogP contribution in [0.15, 0.2) is 84.9 Å². The molecule has 0 radical (unpaired) electrons. The minimum absolute atomic E-state index is 0.0423. The van der Waals surface area contributed by atoms with Crippen molar-refractivity contribution in [2.24, 2.45) is 0 Å². The van der Waals surface area contributed by atoms with Crippen molar-refractivity contribution in [1.29, 1.82) is 0 Å². The normalized spacial score (nSPS) is 12.6. The first-order valence-electron chi connectivity index (χ1n) is 8.25. The van der Waals surface area contributed by atoms with Gasteiger partial charge in [0.25, 0.3) is 0 Å². The maximum atomic E-state index is 12.8. The largest absolute Gasteiger partial charge is 0.416 e. The molecule has 3 aromatic carbocycles. The van der Waals surface area contributed by atoms with Gasteiger partial charge < -0.3 is 0 Å². The maximum absolute atomic E-state index is 12.8. The standard InChI is InChI=1S/C22H17F3O/c23-22(24,25)19-13-11-17(12-14-19)20(16-7-3-1-4-8-16)15-21(26)18-9-5-2-6-10-18/h1-14,20H,15H2/t20-/m1/s1. The number of carbonyl (C=O) groups excluding carboxylic acids is 1. The molecule has 0 N–H and O–H groups in total. The summed E-state index contributed by atoms with van der Waals surface area (Å²) in [4.78, 5) is 12.6. The molecule has 0 saturated carbocycles. The van der Waals surface area contributed by atoms with Crippen LogP contribution in [0.25, 0.3) is 0 Å². The number of Topliss-reactive ketones (excluding diaryl/α,β-unsaturated/α-hetero) is 1. The smallest absolute Gasteiger partial charge is 0.294 e. The molecular formula is C22H17F3O. The van der Waals surface area contributed by atoms with Gasteiger partial charge in [-0.2, -0.15) is 13.2 Å². The third-order valence-electron chi connectivity index (χ3n) is 4.33. The average molecular weight is 354 g/mol. The van der Waals surface area contributed by atoms with Gasteiger partial charge in [-0.15, -0.1) is 0 Å². The van der Waals surface area contributed by atoms with Gasteiger partial charge in [-0.3, -0.25) is 4.79 Å². The van der Waals surface area contributed by atoms with E-state index in [1.54, 1.807) is 24.3 Å². The fraction of sp³-hybridized carbons (Fsp3) is 0.136. The lowest BCUT2D eigenvalue weighted by molar-refractivity contribution is -0.137. The van der Waals surface area contributed by atoms with Crippen LogP contribution in [0.2, 0.25) is 0 Å².